The molecule has 2 heterocycles. The lowest BCUT2D eigenvalue weighted by atomic mass is 10.2. The molecule has 0 saturated carbocycles. The van der Waals surface area contributed by atoms with E-state index in [1.165, 1.54) is 19.5 Å². The van der Waals surface area contributed by atoms with E-state index in [1.54, 1.807) is 0 Å². The minimum atomic E-state index is -0.0149. The molecule has 118 valence electrons. The minimum Gasteiger partial charge on any atom is -0.377 e. The molecule has 2 bridgehead atoms. The lowest BCUT2D eigenvalue weighted by Gasteiger charge is -2.34. The maximum absolute atomic E-state index is 5.84. The van der Waals surface area contributed by atoms with Gasteiger partial charge in [-0.2, -0.15) is 0 Å². The molecule has 0 aliphatic carbocycles. The van der Waals surface area contributed by atoms with Crippen LogP contribution >= 0.6 is 0 Å². The van der Waals surface area contributed by atoms with E-state index in [1.807, 2.05) is 0 Å². The number of likely N-dealkylation sites (tertiary alicyclic amines) is 2. The summed E-state index contributed by atoms with van der Waals surface area (Å²) in [6.07, 6.45) is 1.68. The Morgan fingerprint density at radius 3 is 2.00 bits per heavy atom. The number of nitrogens with zero attached hydrogens (tertiary/aromatic N) is 2. The molecule has 0 aromatic rings. The third-order valence-corrected chi connectivity index (χ3v) is 4.21. The zero-order valence-corrected chi connectivity index (χ0v) is 13.9. The zero-order valence-electron chi connectivity index (χ0n) is 13.9. The zero-order chi connectivity index (χ0) is 14.8. The second kappa shape index (κ2) is 6.73. The summed E-state index contributed by atoms with van der Waals surface area (Å²) in [6, 6.07) is 1.48. The van der Waals surface area contributed by atoms with Crippen LogP contribution in [0.2, 0.25) is 0 Å². The van der Waals surface area contributed by atoms with Gasteiger partial charge in [-0.25, -0.2) is 0 Å². The first-order valence-electron chi connectivity index (χ1n) is 8.09. The summed E-state index contributed by atoms with van der Waals surface area (Å²) in [4.78, 5) is 5.21. The van der Waals surface area contributed by atoms with E-state index in [-0.39, 0.29) is 5.60 Å². The van der Waals surface area contributed by atoms with Crippen molar-refractivity contribution in [2.45, 2.75) is 64.8 Å². The normalized spacial score (nSPS) is 27.9. The van der Waals surface area contributed by atoms with Crippen molar-refractivity contribution in [3.63, 3.8) is 0 Å². The first-order valence-corrected chi connectivity index (χ1v) is 8.09. The molecular weight excluding hydrogens is 252 g/mol. The largest absolute Gasteiger partial charge is 0.377 e. The van der Waals surface area contributed by atoms with Gasteiger partial charge in [-0.3, -0.25) is 9.80 Å². The molecule has 2 saturated heterocycles. The quantitative estimate of drug-likeness (QED) is 0.714. The van der Waals surface area contributed by atoms with Crippen LogP contribution < -0.4 is 0 Å². The third-order valence-electron chi connectivity index (χ3n) is 4.21. The van der Waals surface area contributed by atoms with Crippen molar-refractivity contribution in [1.29, 1.82) is 0 Å². The molecule has 20 heavy (non-hydrogen) atoms. The number of rotatable bonds is 7. The van der Waals surface area contributed by atoms with Gasteiger partial charge in [0.05, 0.1) is 24.9 Å². The van der Waals surface area contributed by atoms with Crippen LogP contribution in [0.5, 0.6) is 0 Å². The Labute approximate surface area is 124 Å². The van der Waals surface area contributed by atoms with Gasteiger partial charge in [0.1, 0.15) is 0 Å². The van der Waals surface area contributed by atoms with E-state index in [2.05, 4.69) is 44.4 Å². The average molecular weight is 284 g/mol. The fraction of sp³-hybridized carbons (Fsp3) is 1.00. The number of hydrogen-bond donors (Lipinski definition) is 0. The topological polar surface area (TPSA) is 24.9 Å². The Hall–Kier alpha value is -0.160. The van der Waals surface area contributed by atoms with Crippen molar-refractivity contribution in [1.82, 2.24) is 9.80 Å². The summed E-state index contributed by atoms with van der Waals surface area (Å²) in [6.45, 7) is 16.9. The molecule has 2 rings (SSSR count). The predicted octanol–water partition coefficient (Wildman–Crippen LogP) is 1.98. The Morgan fingerprint density at radius 2 is 1.55 bits per heavy atom. The van der Waals surface area contributed by atoms with Gasteiger partial charge >= 0.3 is 0 Å². The average Bonchev–Trinajstić information content (AvgIpc) is 2.86. The molecule has 0 amide bonds. The SMILES string of the molecule is CC(C)OCCN1C[C@H]2C[C@@H]1CN2CCOC(C)(C)C. The van der Waals surface area contributed by atoms with Gasteiger partial charge in [-0.05, 0) is 41.0 Å². The lowest BCUT2D eigenvalue weighted by Crippen LogP contribution is -2.48. The second-order valence-electron chi connectivity index (χ2n) is 7.41. The van der Waals surface area contributed by atoms with Crippen LogP contribution in [-0.2, 0) is 9.47 Å². The molecule has 4 heteroatoms. The summed E-state index contributed by atoms with van der Waals surface area (Å²) < 4.78 is 11.5. The van der Waals surface area contributed by atoms with Gasteiger partial charge in [0.2, 0.25) is 0 Å². The van der Waals surface area contributed by atoms with Crippen LogP contribution in [0, 0.1) is 0 Å². The van der Waals surface area contributed by atoms with Crippen molar-refractivity contribution in [3.05, 3.63) is 0 Å². The van der Waals surface area contributed by atoms with Crippen molar-refractivity contribution < 1.29 is 9.47 Å². The summed E-state index contributed by atoms with van der Waals surface area (Å²) in [5, 5.41) is 0. The highest BCUT2D eigenvalue weighted by atomic mass is 16.5. The van der Waals surface area contributed by atoms with Crippen molar-refractivity contribution in [2.24, 2.45) is 0 Å². The molecule has 0 radical (unpaired) electrons. The summed E-state index contributed by atoms with van der Waals surface area (Å²) in [5.74, 6) is 0. The van der Waals surface area contributed by atoms with E-state index in [4.69, 9.17) is 9.47 Å². The highest BCUT2D eigenvalue weighted by Gasteiger charge is 2.42. The van der Waals surface area contributed by atoms with Crippen LogP contribution in [0.1, 0.15) is 41.0 Å². The fourth-order valence-corrected chi connectivity index (χ4v) is 3.25. The molecule has 4 nitrogen and oxygen atoms in total. The number of piperazine rings is 1. The first-order chi connectivity index (χ1) is 9.35. The number of ether oxygens (including phenoxy) is 2. The van der Waals surface area contributed by atoms with E-state index in [0.717, 1.165) is 38.4 Å². The van der Waals surface area contributed by atoms with E-state index < -0.39 is 0 Å². The monoisotopic (exact) mass is 284 g/mol. The third kappa shape index (κ3) is 4.69. The number of fused-ring (bicyclic) bond motifs is 2. The van der Waals surface area contributed by atoms with Crippen molar-refractivity contribution >= 4 is 0 Å². The van der Waals surface area contributed by atoms with E-state index >= 15 is 0 Å². The summed E-state index contributed by atoms with van der Waals surface area (Å²) in [5.41, 5.74) is -0.0149. The van der Waals surface area contributed by atoms with Crippen LogP contribution in [-0.4, -0.2) is 73.0 Å². The van der Waals surface area contributed by atoms with Gasteiger partial charge in [0, 0.05) is 38.3 Å². The molecule has 2 atom stereocenters. The number of hydrogen-bond acceptors (Lipinski definition) is 4. The Balaban J connectivity index is 1.64. The maximum atomic E-state index is 5.84. The van der Waals surface area contributed by atoms with Crippen LogP contribution in [0.15, 0.2) is 0 Å². The Morgan fingerprint density at radius 1 is 1.00 bits per heavy atom. The summed E-state index contributed by atoms with van der Waals surface area (Å²) in [7, 11) is 0. The lowest BCUT2D eigenvalue weighted by molar-refractivity contribution is -0.0203. The molecule has 2 fully saturated rings. The van der Waals surface area contributed by atoms with E-state index in [9.17, 15) is 0 Å². The highest BCUT2D eigenvalue weighted by molar-refractivity contribution is 4.99. The fourth-order valence-electron chi connectivity index (χ4n) is 3.25. The maximum Gasteiger partial charge on any atom is 0.0600 e. The molecule has 0 N–H and O–H groups in total. The first kappa shape index (κ1) is 16.2. The molecule has 0 unspecified atom stereocenters. The van der Waals surface area contributed by atoms with Gasteiger partial charge in [-0.1, -0.05) is 0 Å². The molecule has 0 spiro atoms. The molecule has 2 aliphatic rings. The van der Waals surface area contributed by atoms with E-state index in [0.29, 0.717) is 6.10 Å². The summed E-state index contributed by atoms with van der Waals surface area (Å²) >= 11 is 0. The molecule has 0 aromatic heterocycles. The Kier molecular flexibility index (Phi) is 5.46. The van der Waals surface area contributed by atoms with Crippen LogP contribution in [0.25, 0.3) is 0 Å². The molecular formula is C16H32N2O2. The molecule has 2 aliphatic heterocycles. The minimum absolute atomic E-state index is 0.0149. The van der Waals surface area contributed by atoms with Crippen LogP contribution in [0.4, 0.5) is 0 Å². The Bertz CT molecular complexity index is 301. The van der Waals surface area contributed by atoms with Crippen molar-refractivity contribution in [3.8, 4) is 0 Å². The predicted molar refractivity (Wildman–Crippen MR) is 82.1 cm³/mol. The van der Waals surface area contributed by atoms with Crippen molar-refractivity contribution in [2.75, 3.05) is 39.4 Å². The second-order valence-corrected chi connectivity index (χ2v) is 7.41. The van der Waals surface area contributed by atoms with Gasteiger partial charge < -0.3 is 9.47 Å². The molecule has 0 aromatic carbocycles. The van der Waals surface area contributed by atoms with Gasteiger partial charge in [-0.15, -0.1) is 0 Å². The van der Waals surface area contributed by atoms with Gasteiger partial charge in [0.15, 0.2) is 0 Å². The van der Waals surface area contributed by atoms with Crippen LogP contribution in [0.3, 0.4) is 0 Å². The standard InChI is InChI=1S/C16H32N2O2/c1-13(2)19-8-6-17-11-15-10-14(17)12-18(15)7-9-20-16(3,4)5/h13-15H,6-12H2,1-5H3/t14-,15-/m1/s1. The van der Waals surface area contributed by atoms with Gasteiger partial charge in [0.25, 0.3) is 0 Å². The highest BCUT2D eigenvalue weighted by Crippen LogP contribution is 2.30. The smallest absolute Gasteiger partial charge is 0.0600 e.